The molecule has 0 aliphatic heterocycles. The molecule has 0 bridgehead atoms. The van der Waals surface area contributed by atoms with Crippen molar-refractivity contribution >= 4 is 12.0 Å². The maximum atomic E-state index is 11.2. The molecule has 1 amide bonds. The van der Waals surface area contributed by atoms with E-state index in [0.717, 1.165) is 13.0 Å². The van der Waals surface area contributed by atoms with Gasteiger partial charge in [0.1, 0.15) is 0 Å². The molecule has 3 N–H and O–H groups in total. The molecule has 2 aliphatic rings. The predicted molar refractivity (Wildman–Crippen MR) is 112 cm³/mol. The van der Waals surface area contributed by atoms with Crippen molar-refractivity contribution in [3.63, 3.8) is 0 Å². The maximum absolute atomic E-state index is 11.2. The van der Waals surface area contributed by atoms with Gasteiger partial charge >= 0.3 is 0 Å². The lowest BCUT2D eigenvalue weighted by molar-refractivity contribution is -0.120. The molecule has 0 aromatic heterocycles. The molecule has 0 radical (unpaired) electrons. The normalized spacial score (nSPS) is 28.0. The fourth-order valence-electron chi connectivity index (χ4n) is 4.25. The minimum Gasteiger partial charge on any atom is -0.359 e. The Morgan fingerprint density at radius 2 is 1.81 bits per heavy atom. The van der Waals surface area contributed by atoms with Crippen LogP contribution < -0.4 is 16.0 Å². The van der Waals surface area contributed by atoms with Gasteiger partial charge in [0.2, 0.25) is 5.91 Å². The lowest BCUT2D eigenvalue weighted by Gasteiger charge is -2.30. The fourth-order valence-corrected chi connectivity index (χ4v) is 4.25. The van der Waals surface area contributed by atoms with Gasteiger partial charge in [-0.15, -0.1) is 0 Å². The molecule has 4 nitrogen and oxygen atoms in total. The van der Waals surface area contributed by atoms with Crippen molar-refractivity contribution in [2.75, 3.05) is 13.6 Å². The van der Waals surface area contributed by atoms with Gasteiger partial charge < -0.3 is 16.0 Å². The Morgan fingerprint density at radius 1 is 1.11 bits per heavy atom. The molecule has 1 aromatic carbocycles. The van der Waals surface area contributed by atoms with Crippen LogP contribution in [-0.2, 0) is 4.79 Å². The molecule has 148 valence electrons. The van der Waals surface area contributed by atoms with Crippen LogP contribution in [-0.4, -0.2) is 37.6 Å². The molecule has 0 saturated heterocycles. The van der Waals surface area contributed by atoms with Gasteiger partial charge in [-0.25, -0.2) is 0 Å². The van der Waals surface area contributed by atoms with Crippen LogP contribution in [0.25, 0.3) is 6.08 Å². The average molecular weight is 370 g/mol. The summed E-state index contributed by atoms with van der Waals surface area (Å²) in [7, 11) is 1.70. The lowest BCUT2D eigenvalue weighted by Crippen LogP contribution is -2.41. The van der Waals surface area contributed by atoms with Crippen molar-refractivity contribution < 1.29 is 4.79 Å². The summed E-state index contributed by atoms with van der Waals surface area (Å²) in [6, 6.07) is 12.6. The third-order valence-electron chi connectivity index (χ3n) is 6.04. The zero-order chi connectivity index (χ0) is 19.1. The van der Waals surface area contributed by atoms with E-state index in [1.165, 1.54) is 43.2 Å². The number of rotatable bonds is 9. The Kier molecular flexibility index (Phi) is 7.48. The molecule has 27 heavy (non-hydrogen) atoms. The maximum Gasteiger partial charge on any atom is 0.219 e. The summed E-state index contributed by atoms with van der Waals surface area (Å²) in [6.07, 6.45) is 10.2. The van der Waals surface area contributed by atoms with Crippen molar-refractivity contribution in [1.82, 2.24) is 16.0 Å². The van der Waals surface area contributed by atoms with E-state index in [0.29, 0.717) is 30.5 Å². The van der Waals surface area contributed by atoms with Crippen LogP contribution in [0.4, 0.5) is 0 Å². The molecule has 2 aliphatic carbocycles. The first kappa shape index (κ1) is 20.1. The molecule has 4 heteroatoms. The molecule has 3 rings (SSSR count). The Morgan fingerprint density at radius 3 is 2.52 bits per heavy atom. The average Bonchev–Trinajstić information content (AvgIpc) is 3.46. The summed E-state index contributed by atoms with van der Waals surface area (Å²) in [5, 5.41) is 10.2. The molecular weight excluding hydrogens is 334 g/mol. The summed E-state index contributed by atoms with van der Waals surface area (Å²) >= 11 is 0. The highest BCUT2D eigenvalue weighted by molar-refractivity contribution is 5.75. The molecule has 2 fully saturated rings. The van der Waals surface area contributed by atoms with Gasteiger partial charge in [0, 0.05) is 31.6 Å². The number of benzene rings is 1. The van der Waals surface area contributed by atoms with Crippen molar-refractivity contribution in [1.29, 1.82) is 0 Å². The molecule has 0 unspecified atom stereocenters. The molecule has 2 saturated carbocycles. The van der Waals surface area contributed by atoms with Gasteiger partial charge in [-0.2, -0.15) is 0 Å². The van der Waals surface area contributed by atoms with E-state index in [9.17, 15) is 4.79 Å². The van der Waals surface area contributed by atoms with Gasteiger partial charge in [-0.3, -0.25) is 4.79 Å². The van der Waals surface area contributed by atoms with Crippen LogP contribution in [0.15, 0.2) is 35.9 Å². The Hall–Kier alpha value is -1.65. The number of carbonyl (C=O) groups is 1. The van der Waals surface area contributed by atoms with E-state index in [-0.39, 0.29) is 5.91 Å². The minimum absolute atomic E-state index is 0.139. The third-order valence-corrected chi connectivity index (χ3v) is 6.04. The standard InChI is InChI=1S/C23H35N3O/c1-17(15-18-7-4-3-5-8-18)21-16-22(21)26-20-12-10-19(11-13-20)25-14-6-9-23(27)24-2/h3-5,7-8,15,19-22,25-26H,6,9-14,16H2,1-2H3,(H,24,27)/b17-15+/t19-,20+,21-,22+/m0/s1. The van der Waals surface area contributed by atoms with Gasteiger partial charge in [-0.1, -0.05) is 42.0 Å². The Balaban J connectivity index is 1.31. The summed E-state index contributed by atoms with van der Waals surface area (Å²) in [5.74, 6) is 0.853. The number of hydrogen-bond acceptors (Lipinski definition) is 3. The first-order valence-electron chi connectivity index (χ1n) is 10.6. The summed E-state index contributed by atoms with van der Waals surface area (Å²) < 4.78 is 0. The smallest absolute Gasteiger partial charge is 0.219 e. The van der Waals surface area contributed by atoms with E-state index in [1.807, 2.05) is 0 Å². The van der Waals surface area contributed by atoms with Crippen LogP contribution in [0, 0.1) is 5.92 Å². The van der Waals surface area contributed by atoms with Crippen LogP contribution in [0.1, 0.15) is 57.4 Å². The summed E-state index contributed by atoms with van der Waals surface area (Å²) in [6.45, 7) is 3.23. The highest BCUT2D eigenvalue weighted by Gasteiger charge is 2.39. The second kappa shape index (κ2) is 10.0. The van der Waals surface area contributed by atoms with E-state index >= 15 is 0 Å². The number of carbonyl (C=O) groups excluding carboxylic acids is 1. The highest BCUT2D eigenvalue weighted by atomic mass is 16.1. The Bertz CT molecular complexity index is 620. The number of amides is 1. The first-order valence-corrected chi connectivity index (χ1v) is 10.6. The predicted octanol–water partition coefficient (Wildman–Crippen LogP) is 3.50. The molecule has 1 aromatic rings. The molecule has 2 atom stereocenters. The second-order valence-electron chi connectivity index (χ2n) is 8.19. The zero-order valence-electron chi connectivity index (χ0n) is 16.8. The van der Waals surface area contributed by atoms with Crippen molar-refractivity contribution in [2.45, 2.75) is 70.0 Å². The number of nitrogens with one attached hydrogen (secondary N) is 3. The fraction of sp³-hybridized carbons (Fsp3) is 0.609. The van der Waals surface area contributed by atoms with Crippen LogP contribution in [0.3, 0.4) is 0 Å². The molecule has 0 spiro atoms. The topological polar surface area (TPSA) is 53.2 Å². The van der Waals surface area contributed by atoms with E-state index < -0.39 is 0 Å². The van der Waals surface area contributed by atoms with Crippen LogP contribution in [0.5, 0.6) is 0 Å². The molecular formula is C23H35N3O. The first-order chi connectivity index (χ1) is 13.2. The minimum atomic E-state index is 0.139. The van der Waals surface area contributed by atoms with Gasteiger partial charge in [-0.05, 0) is 63.5 Å². The summed E-state index contributed by atoms with van der Waals surface area (Å²) in [5.41, 5.74) is 2.81. The lowest BCUT2D eigenvalue weighted by atomic mass is 9.91. The van der Waals surface area contributed by atoms with Crippen LogP contribution in [0.2, 0.25) is 0 Å². The number of hydrogen-bond donors (Lipinski definition) is 3. The quantitative estimate of drug-likeness (QED) is 0.584. The van der Waals surface area contributed by atoms with Crippen molar-refractivity contribution in [3.8, 4) is 0 Å². The van der Waals surface area contributed by atoms with Gasteiger partial charge in [0.25, 0.3) is 0 Å². The SMILES string of the molecule is CNC(=O)CCCN[C@H]1CC[C@@H](N[C@@H]2C[C@H]2/C(C)=C/c2ccccc2)CC1. The monoisotopic (exact) mass is 369 g/mol. The van der Waals surface area contributed by atoms with Gasteiger partial charge in [0.15, 0.2) is 0 Å². The second-order valence-corrected chi connectivity index (χ2v) is 8.19. The Labute approximate surface area is 164 Å². The van der Waals surface area contributed by atoms with Crippen LogP contribution >= 0.6 is 0 Å². The highest BCUT2D eigenvalue weighted by Crippen LogP contribution is 2.39. The van der Waals surface area contributed by atoms with Gasteiger partial charge in [0.05, 0.1) is 0 Å². The van der Waals surface area contributed by atoms with Crippen molar-refractivity contribution in [3.05, 3.63) is 41.5 Å². The van der Waals surface area contributed by atoms with E-state index in [2.05, 4.69) is 59.3 Å². The largest absolute Gasteiger partial charge is 0.359 e. The van der Waals surface area contributed by atoms with E-state index in [1.54, 1.807) is 7.05 Å². The molecule has 0 heterocycles. The zero-order valence-corrected chi connectivity index (χ0v) is 16.8. The summed E-state index contributed by atoms with van der Waals surface area (Å²) in [4.78, 5) is 11.2. The van der Waals surface area contributed by atoms with E-state index in [4.69, 9.17) is 0 Å². The van der Waals surface area contributed by atoms with Crippen molar-refractivity contribution in [2.24, 2.45) is 5.92 Å². The third kappa shape index (κ3) is 6.47.